The number of carbonyl (C=O) groups excluding carboxylic acids is 2. The number of hydrogen-bond donors (Lipinski definition) is 1. The zero-order chi connectivity index (χ0) is 16.9. The van der Waals surface area contributed by atoms with Gasteiger partial charge in [-0.3, -0.25) is 14.6 Å². The van der Waals surface area contributed by atoms with E-state index in [1.165, 1.54) is 6.92 Å². The lowest BCUT2D eigenvalue weighted by atomic mass is 10.1. The minimum Gasteiger partial charge on any atom is -0.326 e. The van der Waals surface area contributed by atoms with E-state index in [-0.39, 0.29) is 17.2 Å². The summed E-state index contributed by atoms with van der Waals surface area (Å²) in [5, 5.41) is 2.78. The van der Waals surface area contributed by atoms with Crippen LogP contribution in [-0.2, 0) is 16.0 Å². The second-order valence-electron chi connectivity index (χ2n) is 5.62. The highest BCUT2D eigenvalue weighted by Crippen LogP contribution is 2.38. The molecule has 1 N–H and O–H groups in total. The monoisotopic (exact) mass is 341 g/mol. The smallest absolute Gasteiger partial charge is 0.233 e. The highest BCUT2D eigenvalue weighted by molar-refractivity contribution is 8.00. The lowest BCUT2D eigenvalue weighted by Crippen LogP contribution is -2.30. The van der Waals surface area contributed by atoms with Gasteiger partial charge in [-0.05, 0) is 29.8 Å². The van der Waals surface area contributed by atoms with Crippen LogP contribution in [0.3, 0.4) is 0 Å². The van der Waals surface area contributed by atoms with Crippen LogP contribution in [0.2, 0.25) is 0 Å². The summed E-state index contributed by atoms with van der Waals surface area (Å²) in [7, 11) is 0. The molecule has 0 spiro atoms. The van der Waals surface area contributed by atoms with E-state index in [0.717, 1.165) is 23.4 Å². The molecule has 1 unspecified atom stereocenters. The number of benzene rings is 1. The first-order chi connectivity index (χ1) is 11.6. The van der Waals surface area contributed by atoms with Crippen molar-refractivity contribution in [3.63, 3.8) is 0 Å². The molecule has 6 heteroatoms. The first-order valence-corrected chi connectivity index (χ1v) is 8.87. The van der Waals surface area contributed by atoms with E-state index in [0.29, 0.717) is 12.3 Å². The molecule has 24 heavy (non-hydrogen) atoms. The molecule has 0 aliphatic carbocycles. The minimum absolute atomic E-state index is 0.0209. The third kappa shape index (κ3) is 3.94. The van der Waals surface area contributed by atoms with Gasteiger partial charge in [0, 0.05) is 37.5 Å². The van der Waals surface area contributed by atoms with E-state index in [1.807, 2.05) is 47.4 Å². The number of amides is 2. The number of hydrogen-bond acceptors (Lipinski definition) is 4. The third-order valence-electron chi connectivity index (χ3n) is 3.82. The molecular formula is C18H19N3O2S. The van der Waals surface area contributed by atoms with Crippen molar-refractivity contribution < 1.29 is 9.59 Å². The third-order valence-corrected chi connectivity index (χ3v) is 5.08. The molecule has 124 valence electrons. The number of nitrogens with zero attached hydrogens (tertiary/aromatic N) is 2. The quantitative estimate of drug-likeness (QED) is 0.908. The summed E-state index contributed by atoms with van der Waals surface area (Å²) in [5.74, 6) is 0.567. The second kappa shape index (κ2) is 7.49. The summed E-state index contributed by atoms with van der Waals surface area (Å²) in [4.78, 5) is 29.5. The van der Waals surface area contributed by atoms with E-state index < -0.39 is 0 Å². The van der Waals surface area contributed by atoms with Crippen molar-refractivity contribution in [2.75, 3.05) is 17.6 Å². The van der Waals surface area contributed by atoms with Crippen LogP contribution in [0.15, 0.2) is 48.7 Å². The average molecular weight is 341 g/mol. The van der Waals surface area contributed by atoms with E-state index >= 15 is 0 Å². The zero-order valence-corrected chi connectivity index (χ0v) is 14.3. The van der Waals surface area contributed by atoms with Gasteiger partial charge in [0.1, 0.15) is 5.37 Å². The molecule has 0 radical (unpaired) electrons. The van der Waals surface area contributed by atoms with Gasteiger partial charge >= 0.3 is 0 Å². The first kappa shape index (κ1) is 16.5. The highest BCUT2D eigenvalue weighted by Gasteiger charge is 2.32. The van der Waals surface area contributed by atoms with Gasteiger partial charge in [0.2, 0.25) is 11.8 Å². The predicted molar refractivity (Wildman–Crippen MR) is 95.6 cm³/mol. The van der Waals surface area contributed by atoms with Crippen LogP contribution in [-0.4, -0.2) is 34.0 Å². The van der Waals surface area contributed by atoms with E-state index in [2.05, 4.69) is 10.3 Å². The Labute approximate surface area is 145 Å². The van der Waals surface area contributed by atoms with E-state index in [4.69, 9.17) is 0 Å². The maximum atomic E-state index is 12.2. The molecule has 1 aromatic carbocycles. The number of carbonyl (C=O) groups is 2. The summed E-state index contributed by atoms with van der Waals surface area (Å²) in [6.45, 7) is 2.14. The van der Waals surface area contributed by atoms with Crippen molar-refractivity contribution in [2.45, 2.75) is 18.7 Å². The standard InChI is InChI=1S/C18H19N3O2S/c1-13(22)20-16-7-5-14(6-8-16)18-21(17(23)12-24-18)11-9-15-4-2-3-10-19-15/h2-8,10,18H,9,11-12H2,1H3,(H,20,22). The molecule has 2 aromatic rings. The highest BCUT2D eigenvalue weighted by atomic mass is 32.2. The molecule has 1 aromatic heterocycles. The Morgan fingerprint density at radius 2 is 2.08 bits per heavy atom. The van der Waals surface area contributed by atoms with Gasteiger partial charge in [-0.2, -0.15) is 0 Å². The van der Waals surface area contributed by atoms with Crippen molar-refractivity contribution in [3.05, 3.63) is 59.9 Å². The molecule has 1 aliphatic rings. The molecule has 1 saturated heterocycles. The van der Waals surface area contributed by atoms with Crippen LogP contribution >= 0.6 is 11.8 Å². The lowest BCUT2D eigenvalue weighted by Gasteiger charge is -2.24. The van der Waals surface area contributed by atoms with Crippen molar-refractivity contribution in [3.8, 4) is 0 Å². The van der Waals surface area contributed by atoms with Crippen molar-refractivity contribution in [1.82, 2.24) is 9.88 Å². The second-order valence-corrected chi connectivity index (χ2v) is 6.69. The Kier molecular flexibility index (Phi) is 5.15. The molecule has 1 atom stereocenters. The normalized spacial score (nSPS) is 17.1. The van der Waals surface area contributed by atoms with Crippen LogP contribution in [0.1, 0.15) is 23.6 Å². The number of pyridine rings is 1. The maximum Gasteiger partial charge on any atom is 0.233 e. The lowest BCUT2D eigenvalue weighted by molar-refractivity contribution is -0.128. The molecular weight excluding hydrogens is 322 g/mol. The fraction of sp³-hybridized carbons (Fsp3) is 0.278. The molecule has 0 bridgehead atoms. The Morgan fingerprint density at radius 3 is 2.75 bits per heavy atom. The molecule has 2 heterocycles. The summed E-state index contributed by atoms with van der Waals surface area (Å²) < 4.78 is 0. The zero-order valence-electron chi connectivity index (χ0n) is 13.4. The number of anilines is 1. The SMILES string of the molecule is CC(=O)Nc1ccc(C2SCC(=O)N2CCc2ccccn2)cc1. The van der Waals surface area contributed by atoms with Gasteiger partial charge in [0.25, 0.3) is 0 Å². The van der Waals surface area contributed by atoms with E-state index in [9.17, 15) is 9.59 Å². The van der Waals surface area contributed by atoms with E-state index in [1.54, 1.807) is 18.0 Å². The molecule has 5 nitrogen and oxygen atoms in total. The van der Waals surface area contributed by atoms with Gasteiger partial charge in [-0.15, -0.1) is 11.8 Å². The number of rotatable bonds is 5. The summed E-state index contributed by atoms with van der Waals surface area (Å²) >= 11 is 1.64. The van der Waals surface area contributed by atoms with Crippen molar-refractivity contribution in [2.24, 2.45) is 0 Å². The van der Waals surface area contributed by atoms with Gasteiger partial charge in [0.05, 0.1) is 5.75 Å². The number of nitrogens with one attached hydrogen (secondary N) is 1. The van der Waals surface area contributed by atoms with Crippen molar-refractivity contribution >= 4 is 29.3 Å². The molecule has 2 amide bonds. The van der Waals surface area contributed by atoms with Gasteiger partial charge in [0.15, 0.2) is 0 Å². The average Bonchev–Trinajstić information content (AvgIpc) is 2.95. The topological polar surface area (TPSA) is 62.3 Å². The Bertz CT molecular complexity index is 719. The van der Waals surface area contributed by atoms with Gasteiger partial charge in [-0.25, -0.2) is 0 Å². The van der Waals surface area contributed by atoms with Crippen LogP contribution in [0, 0.1) is 0 Å². The molecule has 3 rings (SSSR count). The van der Waals surface area contributed by atoms with Crippen LogP contribution < -0.4 is 5.32 Å². The Balaban J connectivity index is 1.69. The van der Waals surface area contributed by atoms with Crippen LogP contribution in [0.5, 0.6) is 0 Å². The largest absolute Gasteiger partial charge is 0.326 e. The van der Waals surface area contributed by atoms with Crippen LogP contribution in [0.4, 0.5) is 5.69 Å². The van der Waals surface area contributed by atoms with Crippen LogP contribution in [0.25, 0.3) is 0 Å². The fourth-order valence-electron chi connectivity index (χ4n) is 2.69. The number of aromatic nitrogens is 1. The number of thioether (sulfide) groups is 1. The minimum atomic E-state index is -0.0924. The van der Waals surface area contributed by atoms with Gasteiger partial charge < -0.3 is 10.2 Å². The molecule has 0 saturated carbocycles. The van der Waals surface area contributed by atoms with Gasteiger partial charge in [-0.1, -0.05) is 18.2 Å². The maximum absolute atomic E-state index is 12.2. The predicted octanol–water partition coefficient (Wildman–Crippen LogP) is 2.86. The first-order valence-electron chi connectivity index (χ1n) is 7.82. The summed E-state index contributed by atoms with van der Waals surface area (Å²) in [5.41, 5.74) is 2.82. The Hall–Kier alpha value is -2.34. The fourth-order valence-corrected chi connectivity index (χ4v) is 3.91. The molecule has 1 fully saturated rings. The Morgan fingerprint density at radius 1 is 1.29 bits per heavy atom. The summed E-state index contributed by atoms with van der Waals surface area (Å²) in [6.07, 6.45) is 2.52. The van der Waals surface area contributed by atoms with Crippen molar-refractivity contribution in [1.29, 1.82) is 0 Å². The summed E-state index contributed by atoms with van der Waals surface area (Å²) in [6, 6.07) is 13.5. The molecule has 1 aliphatic heterocycles.